The Morgan fingerprint density at radius 1 is 1.13 bits per heavy atom. The standard InChI is InChI=1S/C23H22N2O3S2/c1-2-28-22(26)15-29-17-9-7-8-16(14-17)24-23(27)25-18-10-3-5-12-20(18)30-21-13-6-4-11-19(21)25/h3-14,18,20H,2,15H2,1H3,(H,24,27). The third-order valence-electron chi connectivity index (χ3n) is 4.71. The van der Waals surface area contributed by atoms with Crippen LogP contribution in [-0.2, 0) is 9.53 Å². The summed E-state index contributed by atoms with van der Waals surface area (Å²) in [6, 6.07) is 15.3. The third-order valence-corrected chi connectivity index (χ3v) is 6.98. The van der Waals surface area contributed by atoms with E-state index in [0.717, 1.165) is 15.5 Å². The number of fused-ring (bicyclic) bond motifs is 2. The van der Waals surface area contributed by atoms with Gasteiger partial charge in [0.25, 0.3) is 0 Å². The Morgan fingerprint density at radius 2 is 1.97 bits per heavy atom. The molecule has 0 fully saturated rings. The van der Waals surface area contributed by atoms with Crippen molar-refractivity contribution < 1.29 is 14.3 Å². The van der Waals surface area contributed by atoms with Crippen LogP contribution in [0.3, 0.4) is 0 Å². The van der Waals surface area contributed by atoms with E-state index >= 15 is 0 Å². The van der Waals surface area contributed by atoms with Crippen LogP contribution in [-0.4, -0.2) is 35.7 Å². The number of thioether (sulfide) groups is 2. The second-order valence-corrected chi connectivity index (χ2v) is 9.00. The molecule has 2 amide bonds. The number of nitrogens with one attached hydrogen (secondary N) is 1. The van der Waals surface area contributed by atoms with E-state index < -0.39 is 0 Å². The van der Waals surface area contributed by atoms with Crippen molar-refractivity contribution in [2.45, 2.75) is 28.0 Å². The van der Waals surface area contributed by atoms with Gasteiger partial charge in [-0.2, -0.15) is 0 Å². The van der Waals surface area contributed by atoms with Crippen molar-refractivity contribution in [1.29, 1.82) is 0 Å². The molecule has 1 aliphatic carbocycles. The number of rotatable bonds is 5. The fourth-order valence-electron chi connectivity index (χ4n) is 3.42. The zero-order chi connectivity index (χ0) is 20.9. The second-order valence-electron chi connectivity index (χ2n) is 6.73. The minimum absolute atomic E-state index is 0.0451. The lowest BCUT2D eigenvalue weighted by atomic mass is 10.1. The van der Waals surface area contributed by atoms with Crippen molar-refractivity contribution in [3.05, 3.63) is 72.8 Å². The fraction of sp³-hybridized carbons (Fsp3) is 0.217. The first-order chi connectivity index (χ1) is 14.7. The van der Waals surface area contributed by atoms with E-state index in [1.54, 1.807) is 18.7 Å². The summed E-state index contributed by atoms with van der Waals surface area (Å²) in [5, 5.41) is 3.21. The highest BCUT2D eigenvalue weighted by molar-refractivity contribution is 8.00. The first kappa shape index (κ1) is 20.6. The maximum Gasteiger partial charge on any atom is 0.326 e. The number of anilines is 2. The van der Waals surface area contributed by atoms with Gasteiger partial charge in [0.1, 0.15) is 0 Å². The van der Waals surface area contributed by atoms with Gasteiger partial charge in [-0.3, -0.25) is 9.69 Å². The average Bonchev–Trinajstić information content (AvgIpc) is 2.76. The molecule has 1 heterocycles. The van der Waals surface area contributed by atoms with Crippen LogP contribution in [0.25, 0.3) is 0 Å². The van der Waals surface area contributed by atoms with Gasteiger partial charge in [0.2, 0.25) is 0 Å². The van der Waals surface area contributed by atoms with Crippen LogP contribution in [0, 0.1) is 0 Å². The minimum atomic E-state index is -0.248. The number of carbonyl (C=O) groups is 2. The SMILES string of the molecule is CCOC(=O)CSc1cccc(NC(=O)N2c3ccccc3SC3C=CC=CC32)c1. The van der Waals surface area contributed by atoms with Crippen molar-refractivity contribution in [3.63, 3.8) is 0 Å². The molecule has 5 nitrogen and oxygen atoms in total. The number of para-hydroxylation sites is 1. The van der Waals surface area contributed by atoms with Crippen LogP contribution in [0.5, 0.6) is 0 Å². The first-order valence-corrected chi connectivity index (χ1v) is 11.6. The molecule has 0 radical (unpaired) electrons. The summed E-state index contributed by atoms with van der Waals surface area (Å²) in [7, 11) is 0. The van der Waals surface area contributed by atoms with E-state index in [9.17, 15) is 9.59 Å². The zero-order valence-corrected chi connectivity index (χ0v) is 18.1. The molecule has 0 aromatic heterocycles. The van der Waals surface area contributed by atoms with E-state index in [1.165, 1.54) is 11.8 Å². The Hall–Kier alpha value is -2.64. The van der Waals surface area contributed by atoms with E-state index in [0.29, 0.717) is 12.3 Å². The topological polar surface area (TPSA) is 58.6 Å². The van der Waals surface area contributed by atoms with Crippen molar-refractivity contribution >= 4 is 46.9 Å². The number of ether oxygens (including phenoxy) is 1. The first-order valence-electron chi connectivity index (χ1n) is 9.75. The number of amides is 2. The lowest BCUT2D eigenvalue weighted by Crippen LogP contribution is -2.49. The van der Waals surface area contributed by atoms with Crippen LogP contribution >= 0.6 is 23.5 Å². The van der Waals surface area contributed by atoms with E-state index in [-0.39, 0.29) is 29.0 Å². The van der Waals surface area contributed by atoms with E-state index in [2.05, 4.69) is 23.5 Å². The van der Waals surface area contributed by atoms with Crippen molar-refractivity contribution in [2.24, 2.45) is 0 Å². The molecule has 2 unspecified atom stereocenters. The second kappa shape index (κ2) is 9.45. The number of benzene rings is 2. The molecule has 7 heteroatoms. The average molecular weight is 439 g/mol. The van der Waals surface area contributed by atoms with Gasteiger partial charge >= 0.3 is 12.0 Å². The molecule has 0 saturated heterocycles. The van der Waals surface area contributed by atoms with Gasteiger partial charge < -0.3 is 10.1 Å². The Labute approximate surface area is 184 Å². The summed E-state index contributed by atoms with van der Waals surface area (Å²) >= 11 is 3.17. The molecule has 2 aromatic carbocycles. The van der Waals surface area contributed by atoms with Gasteiger partial charge in [0, 0.05) is 15.5 Å². The number of hydrogen-bond donors (Lipinski definition) is 1. The summed E-state index contributed by atoms with van der Waals surface area (Å²) in [5.41, 5.74) is 1.60. The normalized spacial score (nSPS) is 19.0. The van der Waals surface area contributed by atoms with Gasteiger partial charge in [0.05, 0.1) is 29.3 Å². The minimum Gasteiger partial charge on any atom is -0.465 e. The molecule has 0 bridgehead atoms. The molecule has 30 heavy (non-hydrogen) atoms. The van der Waals surface area contributed by atoms with Gasteiger partial charge in [-0.1, -0.05) is 42.5 Å². The third kappa shape index (κ3) is 4.57. The molecule has 0 spiro atoms. The Balaban J connectivity index is 1.52. The molecule has 154 valence electrons. The van der Waals surface area contributed by atoms with Gasteiger partial charge in [-0.05, 0) is 37.3 Å². The number of allylic oxidation sites excluding steroid dienone is 2. The summed E-state index contributed by atoms with van der Waals surface area (Å²) in [6.45, 7) is 2.16. The quantitative estimate of drug-likeness (QED) is 0.504. The monoisotopic (exact) mass is 438 g/mol. The number of carbonyl (C=O) groups excluding carboxylic acids is 2. The van der Waals surface area contributed by atoms with Crippen LogP contribution in [0.4, 0.5) is 16.2 Å². The number of esters is 1. The predicted molar refractivity (Wildman–Crippen MR) is 123 cm³/mol. The summed E-state index contributed by atoms with van der Waals surface area (Å²) < 4.78 is 4.97. The van der Waals surface area contributed by atoms with Crippen LogP contribution in [0.1, 0.15) is 6.92 Å². The highest BCUT2D eigenvalue weighted by Crippen LogP contribution is 2.43. The largest absolute Gasteiger partial charge is 0.465 e. The predicted octanol–water partition coefficient (Wildman–Crippen LogP) is 5.35. The molecule has 4 rings (SSSR count). The summed E-state index contributed by atoms with van der Waals surface area (Å²) in [4.78, 5) is 28.7. The van der Waals surface area contributed by atoms with Crippen molar-refractivity contribution in [3.8, 4) is 0 Å². The van der Waals surface area contributed by atoms with Gasteiger partial charge in [-0.15, -0.1) is 23.5 Å². The van der Waals surface area contributed by atoms with Crippen molar-refractivity contribution in [2.75, 3.05) is 22.6 Å². The Morgan fingerprint density at radius 3 is 2.83 bits per heavy atom. The molecular weight excluding hydrogens is 416 g/mol. The molecule has 1 N–H and O–H groups in total. The van der Waals surface area contributed by atoms with Crippen molar-refractivity contribution in [1.82, 2.24) is 0 Å². The highest BCUT2D eigenvalue weighted by atomic mass is 32.2. The van der Waals surface area contributed by atoms with Gasteiger partial charge in [0.15, 0.2) is 0 Å². The number of nitrogens with zero attached hydrogens (tertiary/aromatic N) is 1. The number of hydrogen-bond acceptors (Lipinski definition) is 5. The van der Waals surface area contributed by atoms with Gasteiger partial charge in [-0.25, -0.2) is 4.79 Å². The summed E-state index contributed by atoms with van der Waals surface area (Å²) in [6.07, 6.45) is 8.22. The molecule has 0 saturated carbocycles. The maximum absolute atomic E-state index is 13.3. The smallest absolute Gasteiger partial charge is 0.326 e. The summed E-state index contributed by atoms with van der Waals surface area (Å²) in [5.74, 6) is -0.00871. The van der Waals surface area contributed by atoms with Crippen LogP contribution in [0.15, 0.2) is 82.6 Å². The highest BCUT2D eigenvalue weighted by Gasteiger charge is 2.36. The zero-order valence-electron chi connectivity index (χ0n) is 16.5. The van der Waals surface area contributed by atoms with Crippen LogP contribution in [0.2, 0.25) is 0 Å². The molecule has 2 aliphatic rings. The fourth-order valence-corrected chi connectivity index (χ4v) is 5.43. The lowest BCUT2D eigenvalue weighted by Gasteiger charge is -2.40. The molecular formula is C23H22N2O3S2. The lowest BCUT2D eigenvalue weighted by molar-refractivity contribution is -0.139. The molecule has 2 atom stereocenters. The maximum atomic E-state index is 13.3. The van der Waals surface area contributed by atoms with E-state index in [4.69, 9.17) is 4.74 Å². The Bertz CT molecular complexity index is 1010. The van der Waals surface area contributed by atoms with Crippen LogP contribution < -0.4 is 10.2 Å². The molecule has 2 aromatic rings. The molecule has 1 aliphatic heterocycles. The van der Waals surface area contributed by atoms with E-state index in [1.807, 2.05) is 59.5 Å². The number of urea groups is 1. The Kier molecular flexibility index (Phi) is 6.50.